The molecule has 0 aromatic rings. The number of rotatable bonds is 3. The van der Waals surface area contributed by atoms with E-state index in [9.17, 15) is 9.59 Å². The van der Waals surface area contributed by atoms with E-state index in [0.717, 1.165) is 6.29 Å². The molecule has 1 aliphatic heterocycles. The average molecular weight is 243 g/mol. The monoisotopic (exact) mass is 243 g/mol. The van der Waals surface area contributed by atoms with Crippen molar-refractivity contribution in [3.63, 3.8) is 0 Å². The largest absolute Gasteiger partial charge is 0.444 e. The van der Waals surface area contributed by atoms with Crippen molar-refractivity contribution < 1.29 is 19.1 Å². The topological polar surface area (TPSA) is 55.8 Å². The first-order valence-electron chi connectivity index (χ1n) is 5.95. The Hall–Kier alpha value is -1.10. The number of morpholine rings is 1. The fraction of sp³-hybridized carbons (Fsp3) is 0.833. The molecule has 0 radical (unpaired) electrons. The number of hydrogen-bond donors (Lipinski definition) is 0. The van der Waals surface area contributed by atoms with Crippen LogP contribution in [0.4, 0.5) is 4.79 Å². The first-order valence-corrected chi connectivity index (χ1v) is 5.95. The van der Waals surface area contributed by atoms with Gasteiger partial charge < -0.3 is 19.2 Å². The van der Waals surface area contributed by atoms with Crippen LogP contribution in [-0.2, 0) is 14.3 Å². The summed E-state index contributed by atoms with van der Waals surface area (Å²) in [4.78, 5) is 24.0. The van der Waals surface area contributed by atoms with Crippen LogP contribution in [0.2, 0.25) is 0 Å². The molecule has 0 aliphatic carbocycles. The van der Waals surface area contributed by atoms with Gasteiger partial charge in [-0.2, -0.15) is 0 Å². The van der Waals surface area contributed by atoms with Gasteiger partial charge in [-0.05, 0) is 27.2 Å². The summed E-state index contributed by atoms with van der Waals surface area (Å²) < 4.78 is 10.7. The second kappa shape index (κ2) is 6.00. The van der Waals surface area contributed by atoms with Crippen LogP contribution in [0.3, 0.4) is 0 Å². The van der Waals surface area contributed by atoms with Crippen LogP contribution in [0.25, 0.3) is 0 Å². The fourth-order valence-electron chi connectivity index (χ4n) is 1.72. The Morgan fingerprint density at radius 2 is 2.24 bits per heavy atom. The summed E-state index contributed by atoms with van der Waals surface area (Å²) in [5.74, 6) is 0. The molecule has 1 aliphatic rings. The minimum atomic E-state index is -0.495. The van der Waals surface area contributed by atoms with Crippen molar-refractivity contribution in [3.8, 4) is 0 Å². The molecule has 1 rings (SSSR count). The molecule has 1 amide bonds. The maximum atomic E-state index is 11.9. The Kier molecular flexibility index (Phi) is 4.93. The predicted molar refractivity (Wildman–Crippen MR) is 62.8 cm³/mol. The molecule has 0 bridgehead atoms. The van der Waals surface area contributed by atoms with Crippen LogP contribution in [0, 0.1) is 0 Å². The maximum Gasteiger partial charge on any atom is 0.410 e. The minimum absolute atomic E-state index is 0.0520. The molecule has 0 saturated carbocycles. The van der Waals surface area contributed by atoms with Gasteiger partial charge in [0.25, 0.3) is 0 Å². The molecular formula is C12H21NO4. The molecule has 1 saturated heterocycles. The lowest BCUT2D eigenvalue weighted by Gasteiger charge is -2.36. The number of aldehydes is 1. The first kappa shape index (κ1) is 14.0. The van der Waals surface area contributed by atoms with Crippen LogP contribution in [0.15, 0.2) is 0 Å². The van der Waals surface area contributed by atoms with Gasteiger partial charge in [0, 0.05) is 13.0 Å². The summed E-state index contributed by atoms with van der Waals surface area (Å²) in [7, 11) is 0. The highest BCUT2D eigenvalue weighted by Gasteiger charge is 2.30. The van der Waals surface area contributed by atoms with E-state index < -0.39 is 5.60 Å². The second-order valence-corrected chi connectivity index (χ2v) is 5.15. The number of carbonyl (C=O) groups is 2. The summed E-state index contributed by atoms with van der Waals surface area (Å²) in [6.07, 6.45) is 1.61. The van der Waals surface area contributed by atoms with Crippen molar-refractivity contribution in [1.82, 2.24) is 4.90 Å². The molecular weight excluding hydrogens is 222 g/mol. The highest BCUT2D eigenvalue weighted by Crippen LogP contribution is 2.16. The highest BCUT2D eigenvalue weighted by molar-refractivity contribution is 5.68. The van der Waals surface area contributed by atoms with E-state index >= 15 is 0 Å². The van der Waals surface area contributed by atoms with E-state index in [1.165, 1.54) is 0 Å². The van der Waals surface area contributed by atoms with E-state index in [2.05, 4.69) is 0 Å². The molecule has 1 fully saturated rings. The predicted octanol–water partition coefficient (Wildman–Crippen LogP) is 1.60. The SMILES string of the molecule is CC(C)(C)OC(=O)N1CCOCC1CCC=O. The molecule has 0 spiro atoms. The Bertz CT molecular complexity index is 272. The van der Waals surface area contributed by atoms with Crippen LogP contribution in [0.5, 0.6) is 0 Å². The lowest BCUT2D eigenvalue weighted by molar-refractivity contribution is -0.108. The number of hydrogen-bond acceptors (Lipinski definition) is 4. The third kappa shape index (κ3) is 4.73. The quantitative estimate of drug-likeness (QED) is 0.706. The van der Waals surface area contributed by atoms with E-state index in [-0.39, 0.29) is 12.1 Å². The zero-order valence-corrected chi connectivity index (χ0v) is 10.8. The normalized spacial score (nSPS) is 21.1. The van der Waals surface area contributed by atoms with Crippen molar-refractivity contribution in [3.05, 3.63) is 0 Å². The summed E-state index contributed by atoms with van der Waals surface area (Å²) in [6.45, 7) is 7.05. The third-order valence-corrected chi connectivity index (χ3v) is 2.47. The van der Waals surface area contributed by atoms with Crippen molar-refractivity contribution >= 4 is 12.4 Å². The van der Waals surface area contributed by atoms with Crippen LogP contribution >= 0.6 is 0 Å². The zero-order chi connectivity index (χ0) is 12.9. The van der Waals surface area contributed by atoms with Gasteiger partial charge in [-0.3, -0.25) is 0 Å². The molecule has 1 atom stereocenters. The summed E-state index contributed by atoms with van der Waals surface area (Å²) >= 11 is 0. The van der Waals surface area contributed by atoms with Gasteiger partial charge in [-0.1, -0.05) is 0 Å². The highest BCUT2D eigenvalue weighted by atomic mass is 16.6. The smallest absolute Gasteiger partial charge is 0.410 e. The zero-order valence-electron chi connectivity index (χ0n) is 10.8. The Balaban J connectivity index is 2.57. The summed E-state index contributed by atoms with van der Waals surface area (Å²) in [5.41, 5.74) is -0.495. The molecule has 0 N–H and O–H groups in total. The average Bonchev–Trinajstić information content (AvgIpc) is 2.24. The first-order chi connectivity index (χ1) is 7.94. The van der Waals surface area contributed by atoms with Crippen molar-refractivity contribution in [2.24, 2.45) is 0 Å². The third-order valence-electron chi connectivity index (χ3n) is 2.47. The number of amides is 1. The molecule has 17 heavy (non-hydrogen) atoms. The molecule has 1 unspecified atom stereocenters. The Labute approximate surface area is 102 Å². The number of carbonyl (C=O) groups excluding carboxylic acids is 2. The number of nitrogens with zero attached hydrogens (tertiary/aromatic N) is 1. The van der Waals surface area contributed by atoms with Crippen LogP contribution in [0.1, 0.15) is 33.6 Å². The van der Waals surface area contributed by atoms with Gasteiger partial charge in [0.1, 0.15) is 11.9 Å². The molecule has 1 heterocycles. The van der Waals surface area contributed by atoms with Gasteiger partial charge in [-0.15, -0.1) is 0 Å². The van der Waals surface area contributed by atoms with E-state index in [0.29, 0.717) is 32.6 Å². The summed E-state index contributed by atoms with van der Waals surface area (Å²) in [5, 5.41) is 0. The summed E-state index contributed by atoms with van der Waals surface area (Å²) in [6, 6.07) is -0.0520. The second-order valence-electron chi connectivity index (χ2n) is 5.15. The van der Waals surface area contributed by atoms with Crippen LogP contribution < -0.4 is 0 Å². The van der Waals surface area contributed by atoms with Crippen LogP contribution in [-0.4, -0.2) is 48.7 Å². The van der Waals surface area contributed by atoms with E-state index in [1.54, 1.807) is 4.90 Å². The molecule has 98 valence electrons. The van der Waals surface area contributed by atoms with Crippen molar-refractivity contribution in [2.45, 2.75) is 45.3 Å². The van der Waals surface area contributed by atoms with Crippen molar-refractivity contribution in [2.75, 3.05) is 19.8 Å². The molecule has 0 aromatic carbocycles. The van der Waals surface area contributed by atoms with Gasteiger partial charge in [0.05, 0.1) is 19.3 Å². The Morgan fingerprint density at radius 3 is 2.82 bits per heavy atom. The van der Waals surface area contributed by atoms with Crippen molar-refractivity contribution in [1.29, 1.82) is 0 Å². The Morgan fingerprint density at radius 1 is 1.53 bits per heavy atom. The molecule has 5 heteroatoms. The molecule has 5 nitrogen and oxygen atoms in total. The molecule has 0 aromatic heterocycles. The fourth-order valence-corrected chi connectivity index (χ4v) is 1.72. The van der Waals surface area contributed by atoms with Gasteiger partial charge >= 0.3 is 6.09 Å². The van der Waals surface area contributed by atoms with E-state index in [1.807, 2.05) is 20.8 Å². The maximum absolute atomic E-state index is 11.9. The van der Waals surface area contributed by atoms with E-state index in [4.69, 9.17) is 9.47 Å². The van der Waals surface area contributed by atoms with Gasteiger partial charge in [0.15, 0.2) is 0 Å². The van der Waals surface area contributed by atoms with Gasteiger partial charge in [0.2, 0.25) is 0 Å². The lowest BCUT2D eigenvalue weighted by Crippen LogP contribution is -2.50. The standard InChI is InChI=1S/C12H21NO4/c1-12(2,3)17-11(15)13-6-8-16-9-10(13)5-4-7-14/h7,10H,4-6,8-9H2,1-3H3. The number of ether oxygens (including phenoxy) is 2. The minimum Gasteiger partial charge on any atom is -0.444 e. The van der Waals surface area contributed by atoms with Gasteiger partial charge in [-0.25, -0.2) is 4.79 Å². The lowest BCUT2D eigenvalue weighted by atomic mass is 10.1.